The molecule has 0 saturated carbocycles. The largest absolute Gasteiger partial charge is 0.394 e. The van der Waals surface area contributed by atoms with Crippen molar-refractivity contribution in [2.24, 2.45) is 0 Å². The Bertz CT molecular complexity index is 956. The Balaban J connectivity index is 2.39. The van der Waals surface area contributed by atoms with Crippen LogP contribution in [0.1, 0.15) is 194 Å². The van der Waals surface area contributed by atoms with E-state index in [1.807, 2.05) is 18.2 Å². The molecule has 2 unspecified atom stereocenters. The molecule has 322 valence electrons. The van der Waals surface area contributed by atoms with E-state index in [1.54, 1.807) is 0 Å². The summed E-state index contributed by atoms with van der Waals surface area (Å²) in [5.74, 6) is -0.275. The highest BCUT2D eigenvalue weighted by molar-refractivity contribution is 5.77. The van der Waals surface area contributed by atoms with Crippen LogP contribution in [0.3, 0.4) is 0 Å². The molecule has 1 saturated heterocycles. The third kappa shape index (κ3) is 27.6. The van der Waals surface area contributed by atoms with Crippen LogP contribution in [0.15, 0.2) is 36.5 Å². The Morgan fingerprint density at radius 3 is 1.56 bits per heavy atom. The van der Waals surface area contributed by atoms with Gasteiger partial charge in [0.05, 0.1) is 25.4 Å². The normalized spacial score (nSPS) is 21.6. The zero-order valence-corrected chi connectivity index (χ0v) is 35.2. The van der Waals surface area contributed by atoms with Crippen molar-refractivity contribution in [3.8, 4) is 0 Å². The molecular weight excluding hydrogens is 695 g/mol. The van der Waals surface area contributed by atoms with Gasteiger partial charge in [-0.05, 0) is 38.5 Å². The summed E-state index contributed by atoms with van der Waals surface area (Å²) >= 11 is 0. The number of amides is 1. The molecular formula is C46H85NO8. The number of hydrogen-bond acceptors (Lipinski definition) is 8. The van der Waals surface area contributed by atoms with Gasteiger partial charge in [-0.3, -0.25) is 4.79 Å². The first-order valence-corrected chi connectivity index (χ1v) is 22.7. The number of allylic oxidation sites excluding steroid dienone is 4. The molecule has 1 heterocycles. The lowest BCUT2D eigenvalue weighted by molar-refractivity contribution is -0.302. The first-order valence-electron chi connectivity index (χ1n) is 22.7. The summed E-state index contributed by atoms with van der Waals surface area (Å²) in [6, 6.07) is -0.810. The van der Waals surface area contributed by atoms with Crippen LogP contribution in [-0.4, -0.2) is 87.5 Å². The second kappa shape index (κ2) is 36.7. The summed E-state index contributed by atoms with van der Waals surface area (Å²) in [6.45, 7) is 3.74. The topological polar surface area (TPSA) is 149 Å². The Kier molecular flexibility index (Phi) is 34.3. The van der Waals surface area contributed by atoms with Crippen molar-refractivity contribution in [3.05, 3.63) is 36.5 Å². The Hall–Kier alpha value is -1.59. The molecule has 6 N–H and O–H groups in total. The van der Waals surface area contributed by atoms with E-state index in [9.17, 15) is 30.3 Å². The van der Waals surface area contributed by atoms with Gasteiger partial charge in [0, 0.05) is 6.42 Å². The van der Waals surface area contributed by atoms with Gasteiger partial charge in [-0.2, -0.15) is 0 Å². The van der Waals surface area contributed by atoms with E-state index in [1.165, 1.54) is 141 Å². The van der Waals surface area contributed by atoms with Crippen molar-refractivity contribution in [1.82, 2.24) is 5.32 Å². The van der Waals surface area contributed by atoms with E-state index < -0.39 is 49.5 Å². The molecule has 7 atom stereocenters. The SMILES string of the molecule is CCCCCCCCCCCCC=CC[C@@H](O)[C@H](CO[C@@H]1O[C@H](CO)[C@@H](O)C(O)C1O)NC(=O)CC=CCC=CCCCCCCCCCCCCCCC. The summed E-state index contributed by atoms with van der Waals surface area (Å²) in [6.07, 6.45) is 37.7. The van der Waals surface area contributed by atoms with Crippen LogP contribution in [0, 0.1) is 0 Å². The molecule has 1 rings (SSSR count). The number of carbonyl (C=O) groups excluding carboxylic acids is 1. The lowest BCUT2D eigenvalue weighted by atomic mass is 9.99. The average molecular weight is 780 g/mol. The fourth-order valence-corrected chi connectivity index (χ4v) is 7.04. The van der Waals surface area contributed by atoms with Gasteiger partial charge in [0.2, 0.25) is 5.91 Å². The van der Waals surface area contributed by atoms with Crippen molar-refractivity contribution in [1.29, 1.82) is 0 Å². The van der Waals surface area contributed by atoms with E-state index >= 15 is 0 Å². The van der Waals surface area contributed by atoms with Crippen LogP contribution in [-0.2, 0) is 14.3 Å². The van der Waals surface area contributed by atoms with Gasteiger partial charge >= 0.3 is 0 Å². The Labute approximate surface area is 336 Å². The van der Waals surface area contributed by atoms with Gasteiger partial charge in [-0.1, -0.05) is 185 Å². The lowest BCUT2D eigenvalue weighted by Crippen LogP contribution is -2.60. The molecule has 0 aromatic rings. The van der Waals surface area contributed by atoms with Crippen molar-refractivity contribution in [2.75, 3.05) is 13.2 Å². The molecule has 0 bridgehead atoms. The molecule has 1 fully saturated rings. The van der Waals surface area contributed by atoms with Gasteiger partial charge in [0.15, 0.2) is 6.29 Å². The zero-order valence-electron chi connectivity index (χ0n) is 35.2. The number of rotatable bonds is 37. The summed E-state index contributed by atoms with van der Waals surface area (Å²) in [4.78, 5) is 12.9. The van der Waals surface area contributed by atoms with Crippen LogP contribution < -0.4 is 5.32 Å². The predicted octanol–water partition coefficient (Wildman–Crippen LogP) is 9.28. The zero-order chi connectivity index (χ0) is 40.2. The van der Waals surface area contributed by atoms with Crippen molar-refractivity contribution in [2.45, 2.75) is 236 Å². The fourth-order valence-electron chi connectivity index (χ4n) is 7.04. The molecule has 0 radical (unpaired) electrons. The number of ether oxygens (including phenoxy) is 2. The minimum Gasteiger partial charge on any atom is -0.394 e. The highest BCUT2D eigenvalue weighted by Crippen LogP contribution is 2.22. The molecule has 55 heavy (non-hydrogen) atoms. The van der Waals surface area contributed by atoms with E-state index in [2.05, 4.69) is 37.4 Å². The second-order valence-corrected chi connectivity index (χ2v) is 15.9. The Morgan fingerprint density at radius 1 is 0.618 bits per heavy atom. The monoisotopic (exact) mass is 780 g/mol. The summed E-state index contributed by atoms with van der Waals surface area (Å²) in [7, 11) is 0. The van der Waals surface area contributed by atoms with Gasteiger partial charge in [-0.25, -0.2) is 0 Å². The van der Waals surface area contributed by atoms with Gasteiger partial charge in [0.25, 0.3) is 0 Å². The minimum absolute atomic E-state index is 0.143. The maximum atomic E-state index is 12.9. The number of unbranched alkanes of at least 4 members (excludes halogenated alkanes) is 23. The average Bonchev–Trinajstić information content (AvgIpc) is 3.18. The van der Waals surface area contributed by atoms with Crippen molar-refractivity contribution in [3.63, 3.8) is 0 Å². The van der Waals surface area contributed by atoms with Gasteiger partial charge in [-0.15, -0.1) is 0 Å². The van der Waals surface area contributed by atoms with Crippen molar-refractivity contribution < 1.29 is 39.8 Å². The molecule has 1 aliphatic rings. The van der Waals surface area contributed by atoms with E-state index in [4.69, 9.17) is 9.47 Å². The first-order chi connectivity index (χ1) is 26.8. The summed E-state index contributed by atoms with van der Waals surface area (Å²) in [5.41, 5.74) is 0. The van der Waals surface area contributed by atoms with Gasteiger partial charge < -0.3 is 40.3 Å². The molecule has 0 aromatic carbocycles. The van der Waals surface area contributed by atoms with Crippen molar-refractivity contribution >= 4 is 5.91 Å². The molecule has 1 amide bonds. The van der Waals surface area contributed by atoms with E-state index in [-0.39, 0.29) is 18.9 Å². The molecule has 9 nitrogen and oxygen atoms in total. The number of aliphatic hydroxyl groups excluding tert-OH is 5. The number of nitrogens with one attached hydrogen (secondary N) is 1. The van der Waals surface area contributed by atoms with Crippen LogP contribution >= 0.6 is 0 Å². The van der Waals surface area contributed by atoms with Crippen LogP contribution in [0.5, 0.6) is 0 Å². The maximum absolute atomic E-state index is 12.9. The first kappa shape index (κ1) is 51.4. The number of hydrogen-bond donors (Lipinski definition) is 6. The van der Waals surface area contributed by atoms with E-state index in [0.717, 1.165) is 25.7 Å². The second-order valence-electron chi connectivity index (χ2n) is 15.9. The standard InChI is InChI=1S/C46H85NO8/c1-3-5-7-9-11-13-15-17-18-19-20-21-22-24-26-28-30-32-34-36-42(50)47-39(38-54-46-45(53)44(52)43(51)41(37-48)55-46)40(49)35-33-31-29-27-25-23-16-14-12-10-8-6-4-2/h26,28,31-34,39-41,43-46,48-49,51-53H,3-25,27,29-30,35-38H2,1-2H3,(H,47,50)/t39-,40+,41+,43+,44?,45?,46+/m0/s1. The third-order valence-corrected chi connectivity index (χ3v) is 10.8. The Morgan fingerprint density at radius 2 is 1.07 bits per heavy atom. The summed E-state index contributed by atoms with van der Waals surface area (Å²) < 4.78 is 11.2. The van der Waals surface area contributed by atoms with Crippen LogP contribution in [0.2, 0.25) is 0 Å². The maximum Gasteiger partial charge on any atom is 0.224 e. The quantitative estimate of drug-likeness (QED) is 0.0270. The van der Waals surface area contributed by atoms with E-state index in [0.29, 0.717) is 6.42 Å². The number of carbonyl (C=O) groups is 1. The molecule has 0 aliphatic carbocycles. The highest BCUT2D eigenvalue weighted by Gasteiger charge is 2.44. The molecule has 9 heteroatoms. The highest BCUT2D eigenvalue weighted by atomic mass is 16.7. The molecule has 0 aromatic heterocycles. The van der Waals surface area contributed by atoms with Crippen LogP contribution in [0.25, 0.3) is 0 Å². The predicted molar refractivity (Wildman–Crippen MR) is 226 cm³/mol. The summed E-state index contributed by atoms with van der Waals surface area (Å²) in [5, 5.41) is 54.1. The van der Waals surface area contributed by atoms with Gasteiger partial charge in [0.1, 0.15) is 24.4 Å². The van der Waals surface area contributed by atoms with Crippen LogP contribution in [0.4, 0.5) is 0 Å². The number of aliphatic hydroxyl groups is 5. The minimum atomic E-state index is -1.57. The lowest BCUT2D eigenvalue weighted by Gasteiger charge is -2.40. The molecule has 1 aliphatic heterocycles. The smallest absolute Gasteiger partial charge is 0.224 e. The fraction of sp³-hybridized carbons (Fsp3) is 0.848. The third-order valence-electron chi connectivity index (χ3n) is 10.8. The molecule has 0 spiro atoms.